The molecule has 0 spiro atoms. The maximum Gasteiger partial charge on any atom is 0.407 e. The highest BCUT2D eigenvalue weighted by atomic mass is 16.5. The molecule has 0 bridgehead atoms. The molecule has 2 aliphatic rings. The molecule has 10 heteroatoms. The Kier molecular flexibility index (Phi) is 8.77. The average molecular weight is 567 g/mol. The minimum Gasteiger partial charge on any atom is -0.453 e. The highest BCUT2D eigenvalue weighted by Crippen LogP contribution is 2.49. The first-order valence-corrected chi connectivity index (χ1v) is 14.0. The van der Waals surface area contributed by atoms with Crippen LogP contribution in [0, 0.1) is 5.41 Å². The number of nitrogens with one attached hydrogen (secondary N) is 3. The van der Waals surface area contributed by atoms with Gasteiger partial charge < -0.3 is 24.8 Å². The molecule has 4 N–H and O–H groups in total. The van der Waals surface area contributed by atoms with Gasteiger partial charge in [0.2, 0.25) is 0 Å². The number of fused-ring (bicyclic) bond motifs is 3. The van der Waals surface area contributed by atoms with Crippen LogP contribution < -0.4 is 16.2 Å². The second-order valence-corrected chi connectivity index (χ2v) is 12.4. The van der Waals surface area contributed by atoms with E-state index in [1.807, 2.05) is 83.1 Å². The van der Waals surface area contributed by atoms with Crippen molar-refractivity contribution in [3.8, 4) is 0 Å². The predicted molar refractivity (Wildman–Crippen MR) is 153 cm³/mol. The van der Waals surface area contributed by atoms with Crippen LogP contribution in [0.5, 0.6) is 0 Å². The summed E-state index contributed by atoms with van der Waals surface area (Å²) in [5.74, 6) is -0.899. The molecular formula is C31H42N4O6. The Balaban J connectivity index is 1.53. The van der Waals surface area contributed by atoms with Crippen molar-refractivity contribution in [2.24, 2.45) is 5.41 Å². The standard InChI is InChI=1S/C31H42N4O6/c1-29(2,3)25(33-28(38)40-6)26(36)34-32-17-16-31(39,19-20-12-8-7-9-13-20)27(37)35-24-22-15-11-10-14-21(22)18-23(24)41-30(35,4)5/h7-15,23-25,32,39H,16-19H2,1-6H3,(H,33,38)(H,34,36)/t23-,24?,25?,31-/m1/s1. The summed E-state index contributed by atoms with van der Waals surface area (Å²) in [5.41, 5.74) is 5.13. The monoisotopic (exact) mass is 566 g/mol. The maximum atomic E-state index is 14.4. The number of carbonyl (C=O) groups excluding carboxylic acids is 3. The Labute approximate surface area is 241 Å². The van der Waals surface area contributed by atoms with Crippen LogP contribution in [-0.4, -0.2) is 65.0 Å². The van der Waals surface area contributed by atoms with Gasteiger partial charge in [-0.3, -0.25) is 15.0 Å². The number of aliphatic hydroxyl groups is 1. The zero-order valence-electron chi connectivity index (χ0n) is 24.7. The third kappa shape index (κ3) is 6.55. The molecule has 222 valence electrons. The third-order valence-corrected chi connectivity index (χ3v) is 7.85. The summed E-state index contributed by atoms with van der Waals surface area (Å²) in [7, 11) is 1.23. The molecule has 1 heterocycles. The Morgan fingerprint density at radius 2 is 1.76 bits per heavy atom. The van der Waals surface area contributed by atoms with Gasteiger partial charge in [0.15, 0.2) is 0 Å². The Hall–Kier alpha value is -3.47. The average Bonchev–Trinajstić information content (AvgIpc) is 3.38. The van der Waals surface area contributed by atoms with Crippen LogP contribution in [0.1, 0.15) is 63.8 Å². The van der Waals surface area contributed by atoms with Crippen LogP contribution in [0.2, 0.25) is 0 Å². The summed E-state index contributed by atoms with van der Waals surface area (Å²) in [6.45, 7) is 9.26. The smallest absolute Gasteiger partial charge is 0.407 e. The minimum absolute atomic E-state index is 0.0111. The lowest BCUT2D eigenvalue weighted by molar-refractivity contribution is -0.168. The molecule has 3 amide bonds. The van der Waals surface area contributed by atoms with E-state index in [1.54, 1.807) is 4.90 Å². The van der Waals surface area contributed by atoms with Crippen LogP contribution >= 0.6 is 0 Å². The first kappa shape index (κ1) is 30.5. The summed E-state index contributed by atoms with van der Waals surface area (Å²) in [6.07, 6.45) is -0.112. The van der Waals surface area contributed by atoms with E-state index < -0.39 is 40.7 Å². The first-order chi connectivity index (χ1) is 19.3. The molecule has 1 fully saturated rings. The number of ether oxygens (including phenoxy) is 2. The van der Waals surface area contributed by atoms with E-state index in [0.29, 0.717) is 6.42 Å². The zero-order valence-corrected chi connectivity index (χ0v) is 24.7. The molecule has 1 saturated heterocycles. The highest BCUT2D eigenvalue weighted by Gasteiger charge is 2.57. The predicted octanol–water partition coefficient (Wildman–Crippen LogP) is 3.00. The number of nitrogens with zero attached hydrogens (tertiary/aromatic N) is 1. The van der Waals surface area contributed by atoms with Gasteiger partial charge in [0.1, 0.15) is 17.4 Å². The molecule has 0 radical (unpaired) electrons. The number of benzene rings is 2. The molecule has 41 heavy (non-hydrogen) atoms. The van der Waals surface area contributed by atoms with Gasteiger partial charge in [0.25, 0.3) is 11.8 Å². The second kappa shape index (κ2) is 11.8. The van der Waals surface area contributed by atoms with E-state index in [0.717, 1.165) is 16.7 Å². The zero-order chi connectivity index (χ0) is 30.0. The molecule has 0 aromatic heterocycles. The fourth-order valence-electron chi connectivity index (χ4n) is 5.85. The van der Waals surface area contributed by atoms with E-state index in [9.17, 15) is 19.5 Å². The van der Waals surface area contributed by atoms with Crippen molar-refractivity contribution in [2.75, 3.05) is 13.7 Å². The second-order valence-electron chi connectivity index (χ2n) is 12.4. The molecule has 4 rings (SSSR count). The lowest BCUT2D eigenvalue weighted by Crippen LogP contribution is -2.58. The van der Waals surface area contributed by atoms with Gasteiger partial charge in [-0.25, -0.2) is 10.2 Å². The van der Waals surface area contributed by atoms with E-state index in [1.165, 1.54) is 7.11 Å². The van der Waals surface area contributed by atoms with Crippen LogP contribution in [0.4, 0.5) is 4.79 Å². The first-order valence-electron chi connectivity index (χ1n) is 14.0. The Morgan fingerprint density at radius 1 is 1.10 bits per heavy atom. The van der Waals surface area contributed by atoms with Crippen molar-refractivity contribution < 1.29 is 29.0 Å². The van der Waals surface area contributed by atoms with Gasteiger partial charge in [-0.1, -0.05) is 75.4 Å². The van der Waals surface area contributed by atoms with E-state index >= 15 is 0 Å². The van der Waals surface area contributed by atoms with Crippen molar-refractivity contribution in [3.05, 3.63) is 71.3 Å². The SMILES string of the molecule is COC(=O)NC(C(=O)NNCC[C@@](O)(Cc1ccccc1)C(=O)N1C2c3ccccc3C[C@H]2OC1(C)C)C(C)(C)C. The number of amides is 3. The van der Waals surface area contributed by atoms with Gasteiger partial charge in [-0.2, -0.15) is 0 Å². The number of hydrogen-bond donors (Lipinski definition) is 4. The van der Waals surface area contributed by atoms with Crippen molar-refractivity contribution in [2.45, 2.75) is 83.4 Å². The quantitative estimate of drug-likeness (QED) is 0.271. The summed E-state index contributed by atoms with van der Waals surface area (Å²) in [6, 6.07) is 16.2. The Bertz CT molecular complexity index is 1260. The molecular weight excluding hydrogens is 524 g/mol. The number of carbonyl (C=O) groups is 3. The van der Waals surface area contributed by atoms with Crippen LogP contribution in [-0.2, 0) is 31.9 Å². The van der Waals surface area contributed by atoms with E-state index in [-0.39, 0.29) is 31.5 Å². The van der Waals surface area contributed by atoms with Crippen molar-refractivity contribution in [3.63, 3.8) is 0 Å². The number of hydrogen-bond acceptors (Lipinski definition) is 7. The van der Waals surface area contributed by atoms with Crippen molar-refractivity contribution >= 4 is 17.9 Å². The maximum absolute atomic E-state index is 14.4. The summed E-state index contributed by atoms with van der Waals surface area (Å²) in [4.78, 5) is 40.8. The third-order valence-electron chi connectivity index (χ3n) is 7.85. The molecule has 10 nitrogen and oxygen atoms in total. The fourth-order valence-corrected chi connectivity index (χ4v) is 5.85. The normalized spacial score (nSPS) is 21.3. The molecule has 2 aromatic rings. The number of hydrazine groups is 1. The molecule has 4 atom stereocenters. The molecule has 2 unspecified atom stereocenters. The molecule has 1 aliphatic heterocycles. The van der Waals surface area contributed by atoms with Gasteiger partial charge in [0, 0.05) is 19.4 Å². The van der Waals surface area contributed by atoms with Gasteiger partial charge in [-0.15, -0.1) is 0 Å². The lowest BCUT2D eigenvalue weighted by Gasteiger charge is -2.40. The largest absolute Gasteiger partial charge is 0.453 e. The number of rotatable bonds is 9. The van der Waals surface area contributed by atoms with Crippen LogP contribution in [0.25, 0.3) is 0 Å². The van der Waals surface area contributed by atoms with Crippen LogP contribution in [0.15, 0.2) is 54.6 Å². The van der Waals surface area contributed by atoms with Crippen LogP contribution in [0.3, 0.4) is 0 Å². The summed E-state index contributed by atoms with van der Waals surface area (Å²) in [5, 5.41) is 14.6. The summed E-state index contributed by atoms with van der Waals surface area (Å²) >= 11 is 0. The van der Waals surface area contributed by atoms with E-state index in [4.69, 9.17) is 4.74 Å². The topological polar surface area (TPSA) is 129 Å². The van der Waals surface area contributed by atoms with Gasteiger partial charge in [0.05, 0.1) is 19.3 Å². The van der Waals surface area contributed by atoms with Gasteiger partial charge in [-0.05, 0) is 42.4 Å². The number of methoxy groups -OCH3 is 1. The Morgan fingerprint density at radius 3 is 2.41 bits per heavy atom. The fraction of sp³-hybridized carbons (Fsp3) is 0.516. The molecule has 1 aliphatic carbocycles. The van der Waals surface area contributed by atoms with Gasteiger partial charge >= 0.3 is 6.09 Å². The lowest BCUT2D eigenvalue weighted by atomic mass is 9.86. The van der Waals surface area contributed by atoms with Crippen molar-refractivity contribution in [1.82, 2.24) is 21.1 Å². The summed E-state index contributed by atoms with van der Waals surface area (Å²) < 4.78 is 11.0. The molecule has 2 aromatic carbocycles. The molecule has 0 saturated carbocycles. The van der Waals surface area contributed by atoms with E-state index in [2.05, 4.69) is 27.0 Å². The number of alkyl carbamates (subject to hydrolysis) is 1. The van der Waals surface area contributed by atoms with Crippen molar-refractivity contribution in [1.29, 1.82) is 0 Å². The minimum atomic E-state index is -1.79. The highest BCUT2D eigenvalue weighted by molar-refractivity contribution is 5.87.